The van der Waals surface area contributed by atoms with E-state index >= 15 is 0 Å². The quantitative estimate of drug-likeness (QED) is 0.173. The lowest BCUT2D eigenvalue weighted by Gasteiger charge is -2.61. The van der Waals surface area contributed by atoms with E-state index in [0.29, 0.717) is 0 Å². The molecule has 8 aromatic rings. The Morgan fingerprint density at radius 3 is 1.80 bits per heavy atom. The molecule has 0 radical (unpaired) electrons. The van der Waals surface area contributed by atoms with Gasteiger partial charge >= 0.3 is 0 Å². The van der Waals surface area contributed by atoms with Gasteiger partial charge in [-0.1, -0.05) is 122 Å². The lowest BCUT2D eigenvalue weighted by molar-refractivity contribution is -0.0399. The van der Waals surface area contributed by atoms with Crippen LogP contribution in [-0.2, 0) is 10.8 Å². The van der Waals surface area contributed by atoms with Crippen molar-refractivity contribution in [2.75, 3.05) is 4.90 Å². The zero-order valence-electron chi connectivity index (χ0n) is 34.3. The molecule has 1 heterocycles. The summed E-state index contributed by atoms with van der Waals surface area (Å²) in [5.74, 6) is 3.38. The maximum Gasteiger partial charge on any atom is 0.0561 e. The average molecular weight is 775 g/mol. The summed E-state index contributed by atoms with van der Waals surface area (Å²) < 4.78 is 2.47. The van der Waals surface area contributed by atoms with E-state index in [1.165, 1.54) is 137 Å². The van der Waals surface area contributed by atoms with E-state index in [4.69, 9.17) is 0 Å². The SMILES string of the molecule is c1ccc(-n2c3ccccc3c3ccc(N(c4ccc5c(c4)-c4ccccc4C54C5CC6CC(C5)CC4C6)c4ccc5c(c4)C4(CCCCC4)c4ccccc4-5)cc32)cc1. The highest BCUT2D eigenvalue weighted by Crippen LogP contribution is 2.69. The Hall–Kier alpha value is -5.86. The highest BCUT2D eigenvalue weighted by Gasteiger charge is 2.61. The lowest BCUT2D eigenvalue weighted by Crippen LogP contribution is -2.55. The van der Waals surface area contributed by atoms with E-state index in [2.05, 4.69) is 167 Å². The monoisotopic (exact) mass is 774 g/mol. The molecular formula is C58H50N2. The molecule has 0 atom stereocenters. The summed E-state index contributed by atoms with van der Waals surface area (Å²) in [6.07, 6.45) is 13.5. The normalized spacial score (nSPS) is 24.9. The van der Waals surface area contributed by atoms with E-state index in [1.807, 2.05) is 0 Å². The Morgan fingerprint density at radius 1 is 0.417 bits per heavy atom. The number of nitrogens with zero attached hydrogens (tertiary/aromatic N) is 2. The first-order valence-electron chi connectivity index (χ1n) is 23.1. The first-order chi connectivity index (χ1) is 29.7. The van der Waals surface area contributed by atoms with Crippen LogP contribution in [0.15, 0.2) is 158 Å². The van der Waals surface area contributed by atoms with Gasteiger partial charge in [0, 0.05) is 44.4 Å². The van der Waals surface area contributed by atoms with Crippen LogP contribution in [0.3, 0.4) is 0 Å². The van der Waals surface area contributed by atoms with E-state index in [1.54, 1.807) is 16.7 Å². The van der Waals surface area contributed by atoms with Crippen LogP contribution >= 0.6 is 0 Å². The van der Waals surface area contributed by atoms with Gasteiger partial charge in [0.05, 0.1) is 11.0 Å². The zero-order valence-corrected chi connectivity index (χ0v) is 34.3. The number of anilines is 3. The summed E-state index contributed by atoms with van der Waals surface area (Å²) >= 11 is 0. The molecule has 5 saturated carbocycles. The summed E-state index contributed by atoms with van der Waals surface area (Å²) in [5, 5.41) is 2.58. The van der Waals surface area contributed by atoms with Gasteiger partial charge in [0.1, 0.15) is 0 Å². The fourth-order valence-electron chi connectivity index (χ4n) is 15.0. The van der Waals surface area contributed by atoms with Gasteiger partial charge in [-0.3, -0.25) is 0 Å². The first kappa shape index (κ1) is 33.9. The summed E-state index contributed by atoms with van der Waals surface area (Å²) in [4.78, 5) is 2.61. The molecule has 0 amide bonds. The first-order valence-corrected chi connectivity index (χ1v) is 23.1. The third-order valence-corrected chi connectivity index (χ3v) is 16.9. The van der Waals surface area contributed by atoms with Crippen LogP contribution in [0.2, 0.25) is 0 Å². The molecule has 2 spiro atoms. The molecule has 60 heavy (non-hydrogen) atoms. The number of para-hydroxylation sites is 2. The largest absolute Gasteiger partial charge is 0.310 e. The minimum Gasteiger partial charge on any atom is -0.310 e. The van der Waals surface area contributed by atoms with Gasteiger partial charge in [0.25, 0.3) is 0 Å². The van der Waals surface area contributed by atoms with Crippen molar-refractivity contribution in [3.8, 4) is 27.9 Å². The maximum absolute atomic E-state index is 2.61. The lowest BCUT2D eigenvalue weighted by atomic mass is 9.43. The third-order valence-electron chi connectivity index (χ3n) is 16.9. The summed E-state index contributed by atoms with van der Waals surface area (Å²) in [5.41, 5.74) is 19.8. The van der Waals surface area contributed by atoms with Crippen LogP contribution in [0.5, 0.6) is 0 Å². The van der Waals surface area contributed by atoms with Crippen molar-refractivity contribution in [1.82, 2.24) is 4.57 Å². The van der Waals surface area contributed by atoms with Crippen LogP contribution < -0.4 is 4.90 Å². The summed E-state index contributed by atoms with van der Waals surface area (Å²) in [6, 6.07) is 61.2. The molecule has 0 N–H and O–H groups in total. The molecule has 2 heteroatoms. The third kappa shape index (κ3) is 4.40. The molecular weight excluding hydrogens is 725 g/mol. The van der Waals surface area contributed by atoms with Crippen molar-refractivity contribution in [2.24, 2.45) is 23.7 Å². The number of benzene rings is 7. The Labute approximate surface area is 353 Å². The van der Waals surface area contributed by atoms with Gasteiger partial charge in [-0.05, 0) is 168 Å². The van der Waals surface area contributed by atoms with Gasteiger partial charge in [0.2, 0.25) is 0 Å². The molecule has 7 aliphatic rings. The minimum absolute atomic E-state index is 0.0816. The molecule has 5 fully saturated rings. The van der Waals surface area contributed by atoms with Gasteiger partial charge in [0.15, 0.2) is 0 Å². The molecule has 0 saturated heterocycles. The number of fused-ring (bicyclic) bond motifs is 11. The molecule has 292 valence electrons. The fraction of sp³-hybridized carbons (Fsp3) is 0.276. The van der Waals surface area contributed by atoms with Gasteiger partial charge in [-0.25, -0.2) is 0 Å². The van der Waals surface area contributed by atoms with Gasteiger partial charge < -0.3 is 9.47 Å². The number of hydrogen-bond donors (Lipinski definition) is 0. The molecule has 0 aliphatic heterocycles. The molecule has 2 nitrogen and oxygen atoms in total. The Kier molecular flexibility index (Phi) is 6.98. The van der Waals surface area contributed by atoms with Crippen molar-refractivity contribution in [3.05, 3.63) is 180 Å². The molecule has 4 bridgehead atoms. The van der Waals surface area contributed by atoms with Gasteiger partial charge in [-0.2, -0.15) is 0 Å². The van der Waals surface area contributed by atoms with Gasteiger partial charge in [-0.15, -0.1) is 0 Å². The van der Waals surface area contributed by atoms with Crippen LogP contribution in [0.1, 0.15) is 86.5 Å². The topological polar surface area (TPSA) is 8.17 Å². The number of aromatic nitrogens is 1. The predicted octanol–water partition coefficient (Wildman–Crippen LogP) is 15.2. The second kappa shape index (κ2) is 12.4. The van der Waals surface area contributed by atoms with E-state index < -0.39 is 0 Å². The predicted molar refractivity (Wildman–Crippen MR) is 248 cm³/mol. The average Bonchev–Trinajstić information content (AvgIpc) is 3.88. The Balaban J connectivity index is 1.01. The van der Waals surface area contributed by atoms with Crippen molar-refractivity contribution in [2.45, 2.75) is 75.0 Å². The Bertz CT molecular complexity index is 3020. The molecule has 7 aromatic carbocycles. The number of rotatable bonds is 4. The van der Waals surface area contributed by atoms with E-state index in [9.17, 15) is 0 Å². The van der Waals surface area contributed by atoms with Crippen LogP contribution in [0.25, 0.3) is 49.7 Å². The van der Waals surface area contributed by atoms with E-state index in [-0.39, 0.29) is 10.8 Å². The fourth-order valence-corrected chi connectivity index (χ4v) is 15.0. The second-order valence-electron chi connectivity index (χ2n) is 19.6. The zero-order chi connectivity index (χ0) is 39.2. The summed E-state index contributed by atoms with van der Waals surface area (Å²) in [6.45, 7) is 0. The van der Waals surface area contributed by atoms with Crippen LogP contribution in [0.4, 0.5) is 17.1 Å². The highest BCUT2D eigenvalue weighted by molar-refractivity contribution is 6.10. The number of hydrogen-bond acceptors (Lipinski definition) is 1. The molecule has 1 aromatic heterocycles. The van der Waals surface area contributed by atoms with Crippen LogP contribution in [-0.4, -0.2) is 4.57 Å². The molecule has 15 rings (SSSR count). The smallest absolute Gasteiger partial charge is 0.0561 e. The van der Waals surface area contributed by atoms with Crippen molar-refractivity contribution < 1.29 is 0 Å². The maximum atomic E-state index is 2.61. The standard InChI is InChI=1S/C58H50N2/c1-3-13-41(14-4-1)60-55-20-10-7-17-48(55)49-25-22-44(36-56(49)60)59(43-21-24-47-45-15-5-8-18-51(45)57(54(47)35-43)27-11-2-12-28-57)42-23-26-53-50(34-42)46-16-6-9-19-52(46)58(53)39-30-37-29-38(32-39)33-40(58)31-37/h1,3-10,13-26,34-40H,2,11-12,27-33H2. The van der Waals surface area contributed by atoms with Crippen LogP contribution in [0, 0.1) is 23.7 Å². The van der Waals surface area contributed by atoms with Crippen molar-refractivity contribution in [3.63, 3.8) is 0 Å². The summed E-state index contributed by atoms with van der Waals surface area (Å²) in [7, 11) is 0. The molecule has 7 aliphatic carbocycles. The Morgan fingerprint density at radius 2 is 1.00 bits per heavy atom. The van der Waals surface area contributed by atoms with Crippen molar-refractivity contribution >= 4 is 38.9 Å². The highest BCUT2D eigenvalue weighted by atomic mass is 15.1. The molecule has 0 unspecified atom stereocenters. The minimum atomic E-state index is 0.0816. The van der Waals surface area contributed by atoms with Crippen molar-refractivity contribution in [1.29, 1.82) is 0 Å². The van der Waals surface area contributed by atoms with E-state index in [0.717, 1.165) is 23.7 Å². The second-order valence-corrected chi connectivity index (χ2v) is 19.6.